The first-order chi connectivity index (χ1) is 12.1. The molecule has 0 aromatic rings. The van der Waals surface area contributed by atoms with E-state index in [9.17, 15) is 14.7 Å². The van der Waals surface area contributed by atoms with Crippen molar-refractivity contribution in [1.29, 1.82) is 0 Å². The van der Waals surface area contributed by atoms with Gasteiger partial charge in [-0.05, 0) is 25.7 Å². The lowest BCUT2D eigenvalue weighted by molar-refractivity contribution is -0.130. The predicted molar refractivity (Wildman–Crippen MR) is 92.2 cm³/mol. The van der Waals surface area contributed by atoms with Gasteiger partial charge in [0.1, 0.15) is 6.10 Å². The summed E-state index contributed by atoms with van der Waals surface area (Å²) in [5.74, 6) is -0.0934. The Morgan fingerprint density at radius 3 is 2.60 bits per heavy atom. The number of carbonyl (C=O) groups is 2. The van der Waals surface area contributed by atoms with Gasteiger partial charge in [-0.3, -0.25) is 4.79 Å². The van der Waals surface area contributed by atoms with Crippen LogP contribution in [0.3, 0.4) is 0 Å². The van der Waals surface area contributed by atoms with Crippen LogP contribution in [0.2, 0.25) is 0 Å². The number of amides is 3. The van der Waals surface area contributed by atoms with Gasteiger partial charge in [0, 0.05) is 19.7 Å². The van der Waals surface area contributed by atoms with Crippen LogP contribution in [-0.2, 0) is 14.3 Å². The Morgan fingerprint density at radius 1 is 1.16 bits per heavy atom. The van der Waals surface area contributed by atoms with Gasteiger partial charge >= 0.3 is 6.03 Å². The summed E-state index contributed by atoms with van der Waals surface area (Å²) in [6.45, 7) is 0.756. The average Bonchev–Trinajstić information content (AvgIpc) is 3.09. The second-order valence-electron chi connectivity index (χ2n) is 6.81. The first-order valence-electron chi connectivity index (χ1n) is 9.21. The molecule has 0 bridgehead atoms. The zero-order valence-electron chi connectivity index (χ0n) is 15.0. The second-order valence-corrected chi connectivity index (χ2v) is 6.81. The molecule has 4 N–H and O–H groups in total. The minimum Gasteiger partial charge on any atom is -0.394 e. The molecule has 25 heavy (non-hydrogen) atoms. The summed E-state index contributed by atoms with van der Waals surface area (Å²) in [6.07, 6.45) is 5.24. The van der Waals surface area contributed by atoms with Crippen LogP contribution in [0.15, 0.2) is 0 Å². The Bertz CT molecular complexity index is 429. The molecule has 0 spiro atoms. The molecule has 2 aliphatic rings. The summed E-state index contributed by atoms with van der Waals surface area (Å²) >= 11 is 0. The summed E-state index contributed by atoms with van der Waals surface area (Å²) < 4.78 is 10.7. The molecule has 1 saturated carbocycles. The summed E-state index contributed by atoms with van der Waals surface area (Å²) in [7, 11) is 1.58. The second kappa shape index (κ2) is 10.6. The van der Waals surface area contributed by atoms with Crippen LogP contribution in [0.25, 0.3) is 0 Å². The topological polar surface area (TPSA) is 109 Å². The Balaban J connectivity index is 1.72. The molecule has 1 heterocycles. The number of methoxy groups -OCH3 is 1. The number of ether oxygens (including phenoxy) is 2. The van der Waals surface area contributed by atoms with E-state index in [1.54, 1.807) is 7.11 Å². The maximum Gasteiger partial charge on any atom is 0.315 e. The van der Waals surface area contributed by atoms with Crippen LogP contribution >= 0.6 is 0 Å². The lowest BCUT2D eigenvalue weighted by atomic mass is 9.97. The van der Waals surface area contributed by atoms with E-state index in [0.717, 1.165) is 25.7 Å². The third kappa shape index (κ3) is 6.80. The molecular weight excluding hydrogens is 326 g/mol. The van der Waals surface area contributed by atoms with Gasteiger partial charge in [-0.2, -0.15) is 0 Å². The number of hydrogen-bond acceptors (Lipinski definition) is 5. The summed E-state index contributed by atoms with van der Waals surface area (Å²) in [4.78, 5) is 23.9. The first kappa shape index (κ1) is 19.9. The number of rotatable bonds is 8. The third-order valence-corrected chi connectivity index (χ3v) is 4.84. The van der Waals surface area contributed by atoms with Gasteiger partial charge < -0.3 is 30.5 Å². The van der Waals surface area contributed by atoms with Crippen LogP contribution in [0.5, 0.6) is 0 Å². The number of aliphatic hydroxyl groups is 1. The standard InChI is InChI=1S/C17H31N3O5/c1-24-9-8-18-16(22)10-13-6-7-14(15(11-21)25-13)20-17(23)19-12-4-2-3-5-12/h12-15,21H,2-11H2,1H3,(H,18,22)(H2,19,20,23)/t13-,14-,15-/m0/s1. The molecule has 1 saturated heterocycles. The number of urea groups is 1. The fourth-order valence-corrected chi connectivity index (χ4v) is 3.48. The molecule has 3 amide bonds. The van der Waals surface area contributed by atoms with E-state index in [4.69, 9.17) is 9.47 Å². The van der Waals surface area contributed by atoms with E-state index in [2.05, 4.69) is 16.0 Å². The van der Waals surface area contributed by atoms with E-state index in [-0.39, 0.29) is 43.2 Å². The van der Waals surface area contributed by atoms with Crippen molar-refractivity contribution in [3.63, 3.8) is 0 Å². The fraction of sp³-hybridized carbons (Fsp3) is 0.882. The lowest BCUT2D eigenvalue weighted by Crippen LogP contribution is -2.54. The minimum absolute atomic E-state index is 0.0934. The lowest BCUT2D eigenvalue weighted by Gasteiger charge is -2.36. The zero-order valence-corrected chi connectivity index (χ0v) is 15.0. The Kier molecular flexibility index (Phi) is 8.43. The highest BCUT2D eigenvalue weighted by molar-refractivity contribution is 5.76. The number of carbonyl (C=O) groups excluding carboxylic acids is 2. The molecule has 0 aromatic heterocycles. The molecule has 0 aromatic carbocycles. The zero-order chi connectivity index (χ0) is 18.1. The summed E-state index contributed by atoms with van der Waals surface area (Å²) in [5.41, 5.74) is 0. The van der Waals surface area contributed by atoms with Crippen LogP contribution < -0.4 is 16.0 Å². The van der Waals surface area contributed by atoms with Crippen molar-refractivity contribution in [2.75, 3.05) is 26.9 Å². The summed E-state index contributed by atoms with van der Waals surface area (Å²) in [5, 5.41) is 18.2. The number of hydrogen-bond donors (Lipinski definition) is 4. The molecular formula is C17H31N3O5. The van der Waals surface area contributed by atoms with Crippen molar-refractivity contribution in [1.82, 2.24) is 16.0 Å². The smallest absolute Gasteiger partial charge is 0.315 e. The highest BCUT2D eigenvalue weighted by Gasteiger charge is 2.33. The van der Waals surface area contributed by atoms with E-state index >= 15 is 0 Å². The van der Waals surface area contributed by atoms with Gasteiger partial charge in [-0.25, -0.2) is 4.79 Å². The number of aliphatic hydroxyl groups excluding tert-OH is 1. The van der Waals surface area contributed by atoms with Gasteiger partial charge in [0.25, 0.3) is 0 Å². The molecule has 144 valence electrons. The largest absolute Gasteiger partial charge is 0.394 e. The molecule has 0 unspecified atom stereocenters. The number of nitrogens with one attached hydrogen (secondary N) is 3. The monoisotopic (exact) mass is 357 g/mol. The Labute approximate surface area is 149 Å². The van der Waals surface area contributed by atoms with E-state index < -0.39 is 6.10 Å². The van der Waals surface area contributed by atoms with Crippen LogP contribution in [0.4, 0.5) is 4.79 Å². The van der Waals surface area contributed by atoms with E-state index in [1.807, 2.05) is 0 Å². The third-order valence-electron chi connectivity index (χ3n) is 4.84. The quantitative estimate of drug-likeness (QED) is 0.467. The van der Waals surface area contributed by atoms with Gasteiger partial charge in [0.05, 0.1) is 31.8 Å². The Hall–Kier alpha value is -1.38. The Morgan fingerprint density at radius 2 is 1.92 bits per heavy atom. The van der Waals surface area contributed by atoms with Crippen molar-refractivity contribution in [3.05, 3.63) is 0 Å². The maximum absolute atomic E-state index is 12.1. The molecule has 2 fully saturated rings. The van der Waals surface area contributed by atoms with Crippen molar-refractivity contribution < 1.29 is 24.2 Å². The van der Waals surface area contributed by atoms with Crippen molar-refractivity contribution >= 4 is 11.9 Å². The molecule has 1 aliphatic heterocycles. The molecule has 3 atom stereocenters. The van der Waals surface area contributed by atoms with E-state index in [0.29, 0.717) is 26.0 Å². The van der Waals surface area contributed by atoms with Gasteiger partial charge in [0.15, 0.2) is 0 Å². The maximum atomic E-state index is 12.1. The van der Waals surface area contributed by atoms with Gasteiger partial charge in [-0.1, -0.05) is 12.8 Å². The highest BCUT2D eigenvalue weighted by Crippen LogP contribution is 2.22. The molecule has 8 nitrogen and oxygen atoms in total. The predicted octanol–water partition coefficient (Wildman–Crippen LogP) is 0.289. The van der Waals surface area contributed by atoms with Crippen molar-refractivity contribution in [2.45, 2.75) is 69.2 Å². The fourth-order valence-electron chi connectivity index (χ4n) is 3.48. The van der Waals surface area contributed by atoms with Crippen LogP contribution in [0, 0.1) is 0 Å². The molecule has 8 heteroatoms. The first-order valence-corrected chi connectivity index (χ1v) is 9.21. The van der Waals surface area contributed by atoms with Gasteiger partial charge in [0.2, 0.25) is 5.91 Å². The van der Waals surface area contributed by atoms with Crippen molar-refractivity contribution in [3.8, 4) is 0 Å². The molecule has 0 radical (unpaired) electrons. The molecule has 1 aliphatic carbocycles. The average molecular weight is 357 g/mol. The molecule has 2 rings (SSSR count). The minimum atomic E-state index is -0.486. The SMILES string of the molecule is COCCNC(=O)C[C@@H]1CC[C@H](NC(=O)NC2CCCC2)[C@H](CO)O1. The van der Waals surface area contributed by atoms with Crippen molar-refractivity contribution in [2.24, 2.45) is 0 Å². The normalized spacial score (nSPS) is 27.0. The van der Waals surface area contributed by atoms with Gasteiger partial charge in [-0.15, -0.1) is 0 Å². The van der Waals surface area contributed by atoms with E-state index in [1.165, 1.54) is 0 Å². The van der Waals surface area contributed by atoms with Crippen LogP contribution in [0.1, 0.15) is 44.9 Å². The summed E-state index contributed by atoms with van der Waals surface area (Å²) in [6, 6.07) is -0.186. The highest BCUT2D eigenvalue weighted by atomic mass is 16.5. The van der Waals surface area contributed by atoms with Crippen LogP contribution in [-0.4, -0.2) is 68.2 Å².